The number of aromatic hydroxyl groups is 1. The number of guanidine groups is 1. The van der Waals surface area contributed by atoms with Crippen LogP contribution in [0.4, 0.5) is 0 Å². The fourth-order valence-electron chi connectivity index (χ4n) is 3.31. The third kappa shape index (κ3) is 12.8. The van der Waals surface area contributed by atoms with Gasteiger partial charge in [-0.05, 0) is 43.4 Å². The highest BCUT2D eigenvalue weighted by atomic mass is 32.1. The minimum absolute atomic E-state index is 0.0552. The lowest BCUT2D eigenvalue weighted by atomic mass is 10.0. The van der Waals surface area contributed by atoms with Crippen molar-refractivity contribution in [3.05, 3.63) is 29.8 Å². The molecule has 1 aromatic carbocycles. The van der Waals surface area contributed by atoms with Crippen LogP contribution in [0.2, 0.25) is 0 Å². The molecule has 0 aliphatic carbocycles. The number of thiol groups is 1. The van der Waals surface area contributed by atoms with Crippen LogP contribution in [0.1, 0.15) is 31.2 Å². The molecular weight excluding hydrogens is 532 g/mol. The predicted molar refractivity (Wildman–Crippen MR) is 145 cm³/mol. The van der Waals surface area contributed by atoms with Gasteiger partial charge in [-0.3, -0.25) is 24.2 Å². The van der Waals surface area contributed by atoms with Crippen molar-refractivity contribution in [1.82, 2.24) is 16.0 Å². The molecule has 4 unspecified atom stereocenters. The van der Waals surface area contributed by atoms with Crippen LogP contribution < -0.4 is 38.9 Å². The molecule has 4 atom stereocenters. The summed E-state index contributed by atoms with van der Waals surface area (Å²) in [5.41, 5.74) is 22.4. The van der Waals surface area contributed by atoms with Gasteiger partial charge in [-0.1, -0.05) is 12.1 Å². The number of amides is 4. The van der Waals surface area contributed by atoms with E-state index in [4.69, 9.17) is 22.9 Å². The fraction of sp³-hybridized carbons (Fsp3) is 0.478. The first-order valence-electron chi connectivity index (χ1n) is 12.0. The van der Waals surface area contributed by atoms with E-state index in [9.17, 15) is 34.2 Å². The number of carboxylic acids is 1. The lowest BCUT2D eigenvalue weighted by Gasteiger charge is -2.24. The van der Waals surface area contributed by atoms with Crippen molar-refractivity contribution in [2.45, 2.75) is 56.3 Å². The molecule has 0 aliphatic heterocycles. The standard InChI is InChI=1S/C23H36N8O7S/c24-14(10-12-3-5-13(32)6-4-12)19(34)29-15(2-1-9-28-23(26)27)20(35)31-17(11-39)21(36)30-16(22(37)38)7-8-18(25)33/h3-6,14-17,32,39H,1-2,7-11,24H2,(H2,25,33)(H,29,34)(H,30,36)(H,31,35)(H,37,38)(H4,26,27,28). The summed E-state index contributed by atoms with van der Waals surface area (Å²) in [5, 5.41) is 26.0. The van der Waals surface area contributed by atoms with Gasteiger partial charge < -0.3 is 49.1 Å². The van der Waals surface area contributed by atoms with Crippen LogP contribution in [0, 0.1) is 0 Å². The lowest BCUT2D eigenvalue weighted by Crippen LogP contribution is -2.57. The van der Waals surface area contributed by atoms with Crippen LogP contribution in [-0.4, -0.2) is 82.2 Å². The van der Waals surface area contributed by atoms with Gasteiger partial charge in [0, 0.05) is 18.7 Å². The van der Waals surface area contributed by atoms with Crippen LogP contribution in [0.25, 0.3) is 0 Å². The van der Waals surface area contributed by atoms with Crippen molar-refractivity contribution < 1.29 is 34.2 Å². The van der Waals surface area contributed by atoms with Crippen LogP contribution in [0.5, 0.6) is 5.75 Å². The number of hydrogen-bond donors (Lipinski definition) is 10. The highest BCUT2D eigenvalue weighted by molar-refractivity contribution is 7.80. The van der Waals surface area contributed by atoms with E-state index in [0.717, 1.165) is 0 Å². The average Bonchev–Trinajstić information content (AvgIpc) is 2.87. The first kappa shape index (κ1) is 33.0. The van der Waals surface area contributed by atoms with E-state index in [2.05, 4.69) is 33.6 Å². The maximum absolute atomic E-state index is 13.1. The van der Waals surface area contributed by atoms with Gasteiger partial charge in [0.1, 0.15) is 23.9 Å². The Balaban J connectivity index is 2.92. The highest BCUT2D eigenvalue weighted by Crippen LogP contribution is 2.11. The van der Waals surface area contributed by atoms with Gasteiger partial charge in [0.05, 0.1) is 6.04 Å². The van der Waals surface area contributed by atoms with Crippen molar-refractivity contribution in [1.29, 1.82) is 0 Å². The van der Waals surface area contributed by atoms with E-state index in [0.29, 0.717) is 5.56 Å². The SMILES string of the molecule is NC(=O)CCC(NC(=O)C(CS)NC(=O)C(CCCN=C(N)N)NC(=O)C(N)Cc1ccc(O)cc1)C(=O)O. The summed E-state index contributed by atoms with van der Waals surface area (Å²) in [6, 6.07) is 1.25. The third-order valence-electron chi connectivity index (χ3n) is 5.42. The number of benzene rings is 1. The van der Waals surface area contributed by atoms with Crippen molar-refractivity contribution in [2.75, 3.05) is 12.3 Å². The molecule has 216 valence electrons. The predicted octanol–water partition coefficient (Wildman–Crippen LogP) is -2.95. The summed E-state index contributed by atoms with van der Waals surface area (Å²) in [6.07, 6.45) is -0.0273. The Morgan fingerprint density at radius 3 is 1.97 bits per heavy atom. The molecule has 0 aliphatic rings. The number of aliphatic imine (C=N–C) groups is 1. The molecule has 15 nitrogen and oxygen atoms in total. The Morgan fingerprint density at radius 1 is 0.872 bits per heavy atom. The van der Waals surface area contributed by atoms with Crippen molar-refractivity contribution in [3.63, 3.8) is 0 Å². The molecule has 16 heteroatoms. The zero-order valence-electron chi connectivity index (χ0n) is 21.2. The van der Waals surface area contributed by atoms with Gasteiger partial charge in [-0.2, -0.15) is 12.6 Å². The van der Waals surface area contributed by atoms with Gasteiger partial charge in [0.15, 0.2) is 5.96 Å². The topological polar surface area (TPSA) is 278 Å². The summed E-state index contributed by atoms with van der Waals surface area (Å²) in [6.45, 7) is 0.165. The smallest absolute Gasteiger partial charge is 0.326 e. The number of aliphatic carboxylic acids is 1. The van der Waals surface area contributed by atoms with Crippen LogP contribution in [0.3, 0.4) is 0 Å². The Morgan fingerprint density at radius 2 is 1.44 bits per heavy atom. The van der Waals surface area contributed by atoms with Crippen LogP contribution >= 0.6 is 12.6 Å². The van der Waals surface area contributed by atoms with E-state index in [1.165, 1.54) is 12.1 Å². The number of rotatable bonds is 17. The second-order valence-electron chi connectivity index (χ2n) is 8.64. The molecular formula is C23H36N8O7S. The minimum atomic E-state index is -1.42. The molecule has 39 heavy (non-hydrogen) atoms. The van der Waals surface area contributed by atoms with Crippen molar-refractivity contribution in [2.24, 2.45) is 27.9 Å². The molecule has 1 rings (SSSR count). The lowest BCUT2D eigenvalue weighted by molar-refractivity contribution is -0.142. The Hall–Kier alpha value is -4.05. The van der Waals surface area contributed by atoms with Crippen molar-refractivity contribution in [3.8, 4) is 5.75 Å². The molecule has 0 aromatic heterocycles. The van der Waals surface area contributed by atoms with E-state index in [1.54, 1.807) is 12.1 Å². The maximum Gasteiger partial charge on any atom is 0.326 e. The number of primary amides is 1. The molecule has 0 spiro atoms. The number of carbonyl (C=O) groups is 5. The molecule has 0 saturated heterocycles. The quantitative estimate of drug-likeness (QED) is 0.0394. The molecule has 1 aromatic rings. The molecule has 0 radical (unpaired) electrons. The molecule has 0 bridgehead atoms. The monoisotopic (exact) mass is 568 g/mol. The van der Waals surface area contributed by atoms with Crippen LogP contribution in [0.15, 0.2) is 29.3 Å². The molecule has 4 amide bonds. The summed E-state index contributed by atoms with van der Waals surface area (Å²) < 4.78 is 0. The number of carboxylic acid groups (broad SMARTS) is 1. The van der Waals surface area contributed by atoms with Gasteiger partial charge in [0.2, 0.25) is 23.6 Å². The number of nitrogens with one attached hydrogen (secondary N) is 3. The van der Waals surface area contributed by atoms with Gasteiger partial charge >= 0.3 is 5.97 Å². The Bertz CT molecular complexity index is 1030. The highest BCUT2D eigenvalue weighted by Gasteiger charge is 2.29. The van der Waals surface area contributed by atoms with Gasteiger partial charge in [0.25, 0.3) is 0 Å². The summed E-state index contributed by atoms with van der Waals surface area (Å²) >= 11 is 4.06. The largest absolute Gasteiger partial charge is 0.508 e. The Labute approximate surface area is 230 Å². The molecule has 13 N–H and O–H groups in total. The Kier molecular flexibility index (Phi) is 14.1. The summed E-state index contributed by atoms with van der Waals surface area (Å²) in [7, 11) is 0. The average molecular weight is 569 g/mol. The second kappa shape index (κ2) is 16.7. The number of nitrogens with zero attached hydrogens (tertiary/aromatic N) is 1. The van der Waals surface area contributed by atoms with Gasteiger partial charge in [-0.15, -0.1) is 0 Å². The number of phenols is 1. The van der Waals surface area contributed by atoms with E-state index in [1.807, 2.05) is 0 Å². The normalized spacial score (nSPS) is 13.7. The van der Waals surface area contributed by atoms with E-state index >= 15 is 0 Å². The second-order valence-corrected chi connectivity index (χ2v) is 9.00. The number of carbonyl (C=O) groups excluding carboxylic acids is 4. The third-order valence-corrected chi connectivity index (χ3v) is 5.78. The van der Waals surface area contributed by atoms with Gasteiger partial charge in [-0.25, -0.2) is 4.79 Å². The number of nitrogens with two attached hydrogens (primary N) is 4. The first-order valence-corrected chi connectivity index (χ1v) is 12.6. The number of hydrogen-bond acceptors (Lipinski definition) is 9. The maximum atomic E-state index is 13.1. The zero-order valence-corrected chi connectivity index (χ0v) is 22.1. The summed E-state index contributed by atoms with van der Waals surface area (Å²) in [4.78, 5) is 64.8. The molecule has 0 heterocycles. The molecule has 0 saturated carbocycles. The van der Waals surface area contributed by atoms with E-state index in [-0.39, 0.29) is 56.1 Å². The van der Waals surface area contributed by atoms with Crippen LogP contribution in [-0.2, 0) is 30.4 Å². The number of phenolic OH excluding ortho intramolecular Hbond substituents is 1. The van der Waals surface area contributed by atoms with E-state index < -0.39 is 53.8 Å². The fourth-order valence-corrected chi connectivity index (χ4v) is 3.57. The summed E-state index contributed by atoms with van der Waals surface area (Å²) in [5.74, 6) is -4.66. The zero-order chi connectivity index (χ0) is 29.5. The molecule has 0 fully saturated rings. The minimum Gasteiger partial charge on any atom is -0.508 e. The van der Waals surface area contributed by atoms with Crippen molar-refractivity contribution >= 4 is 48.2 Å². The first-order chi connectivity index (χ1) is 18.3.